The SMILES string of the molecule is COC([SiH3])(CCCC1CC2C=CC1C2)OC. The summed E-state index contributed by atoms with van der Waals surface area (Å²) in [4.78, 5) is 0. The van der Waals surface area contributed by atoms with Crippen molar-refractivity contribution in [2.75, 3.05) is 14.2 Å². The summed E-state index contributed by atoms with van der Waals surface area (Å²) in [6.07, 6.45) is 11.4. The van der Waals surface area contributed by atoms with Gasteiger partial charge in [-0.2, -0.15) is 0 Å². The van der Waals surface area contributed by atoms with E-state index in [1.807, 2.05) is 0 Å². The summed E-state index contributed by atoms with van der Waals surface area (Å²) in [5, 5.41) is 0. The molecule has 3 unspecified atom stereocenters. The molecule has 3 heteroatoms. The van der Waals surface area contributed by atoms with Crippen LogP contribution in [0.2, 0.25) is 0 Å². The fourth-order valence-corrected chi connectivity index (χ4v) is 3.55. The maximum atomic E-state index is 5.44. The van der Waals surface area contributed by atoms with Crippen LogP contribution < -0.4 is 0 Å². The molecule has 2 rings (SSSR count). The highest BCUT2D eigenvalue weighted by Crippen LogP contribution is 2.45. The monoisotopic (exact) mass is 240 g/mol. The zero-order chi connectivity index (χ0) is 11.6. The molecule has 1 saturated carbocycles. The summed E-state index contributed by atoms with van der Waals surface area (Å²) < 4.78 is 10.9. The van der Waals surface area contributed by atoms with Crippen molar-refractivity contribution in [2.45, 2.75) is 37.5 Å². The van der Waals surface area contributed by atoms with E-state index in [1.165, 1.54) is 25.7 Å². The number of fused-ring (bicyclic) bond motifs is 2. The van der Waals surface area contributed by atoms with E-state index in [-0.39, 0.29) is 5.41 Å². The van der Waals surface area contributed by atoms with Gasteiger partial charge in [0.25, 0.3) is 0 Å². The van der Waals surface area contributed by atoms with Gasteiger partial charge in [0.15, 0.2) is 0 Å². The van der Waals surface area contributed by atoms with Crippen LogP contribution in [0.1, 0.15) is 32.1 Å². The van der Waals surface area contributed by atoms with E-state index in [0.717, 1.165) is 34.4 Å². The van der Waals surface area contributed by atoms with Crippen molar-refractivity contribution < 1.29 is 9.47 Å². The highest BCUT2D eigenvalue weighted by molar-refractivity contribution is 6.13. The zero-order valence-corrected chi connectivity index (χ0v) is 12.7. The number of methoxy groups -OCH3 is 2. The smallest absolute Gasteiger partial charge is 0.140 e. The molecule has 2 aliphatic carbocycles. The summed E-state index contributed by atoms with van der Waals surface area (Å²) in [7, 11) is 4.47. The first-order valence-electron chi connectivity index (χ1n) is 6.45. The Morgan fingerprint density at radius 2 is 2.00 bits per heavy atom. The second kappa shape index (κ2) is 5.03. The van der Waals surface area contributed by atoms with E-state index in [1.54, 1.807) is 14.2 Å². The van der Waals surface area contributed by atoms with Crippen molar-refractivity contribution in [3.8, 4) is 0 Å². The third-order valence-electron chi connectivity index (χ3n) is 4.49. The molecule has 0 spiro atoms. The van der Waals surface area contributed by atoms with Crippen molar-refractivity contribution in [1.82, 2.24) is 0 Å². The van der Waals surface area contributed by atoms with Gasteiger partial charge in [-0.3, -0.25) is 0 Å². The number of allylic oxidation sites excluding steroid dienone is 2. The molecule has 0 amide bonds. The Morgan fingerprint density at radius 1 is 1.25 bits per heavy atom. The van der Waals surface area contributed by atoms with Gasteiger partial charge >= 0.3 is 0 Å². The largest absolute Gasteiger partial charge is 0.358 e. The average molecular weight is 240 g/mol. The lowest BCUT2D eigenvalue weighted by molar-refractivity contribution is -0.147. The molecule has 16 heavy (non-hydrogen) atoms. The summed E-state index contributed by atoms with van der Waals surface area (Å²) in [5.41, 5.74) is -0.243. The van der Waals surface area contributed by atoms with Crippen molar-refractivity contribution in [3.63, 3.8) is 0 Å². The first-order chi connectivity index (χ1) is 7.67. The fourth-order valence-electron chi connectivity index (χ4n) is 3.20. The standard InChI is InChI=1S/C13H24O2Si/c1-14-13(16,15-2)7-3-4-11-8-10-5-6-12(11)9-10/h5-6,10-12H,3-4,7-9H2,1-2,16H3. The van der Waals surface area contributed by atoms with Gasteiger partial charge < -0.3 is 9.47 Å². The molecule has 0 aromatic heterocycles. The number of hydrogen-bond donors (Lipinski definition) is 0. The molecule has 2 aliphatic rings. The Bertz CT molecular complexity index is 261. The topological polar surface area (TPSA) is 18.5 Å². The third-order valence-corrected chi connectivity index (χ3v) is 5.80. The lowest BCUT2D eigenvalue weighted by Crippen LogP contribution is -2.34. The second-order valence-electron chi connectivity index (χ2n) is 5.47. The normalized spacial score (nSPS) is 32.8. The Hall–Kier alpha value is -0.123. The Kier molecular flexibility index (Phi) is 3.87. The van der Waals surface area contributed by atoms with Crippen LogP contribution in [0.3, 0.4) is 0 Å². The van der Waals surface area contributed by atoms with Crippen molar-refractivity contribution in [1.29, 1.82) is 0 Å². The van der Waals surface area contributed by atoms with Gasteiger partial charge in [-0.1, -0.05) is 12.2 Å². The fraction of sp³-hybridized carbons (Fsp3) is 0.846. The molecule has 1 fully saturated rings. The van der Waals surface area contributed by atoms with Gasteiger partial charge in [-0.05, 0) is 49.9 Å². The maximum Gasteiger partial charge on any atom is 0.140 e. The molecule has 92 valence electrons. The predicted octanol–water partition coefficient (Wildman–Crippen LogP) is 1.68. The van der Waals surface area contributed by atoms with Gasteiger partial charge in [-0.25, -0.2) is 0 Å². The molecular formula is C13H24O2Si. The highest BCUT2D eigenvalue weighted by Gasteiger charge is 2.35. The summed E-state index contributed by atoms with van der Waals surface area (Å²) in [6, 6.07) is 0. The minimum absolute atomic E-state index is 0.243. The van der Waals surface area contributed by atoms with Crippen LogP contribution in [0.25, 0.3) is 0 Å². The van der Waals surface area contributed by atoms with Gasteiger partial charge in [0, 0.05) is 14.2 Å². The van der Waals surface area contributed by atoms with Gasteiger partial charge in [0.1, 0.15) is 5.41 Å². The summed E-state index contributed by atoms with van der Waals surface area (Å²) in [5.74, 6) is 2.73. The van der Waals surface area contributed by atoms with E-state index in [0.29, 0.717) is 0 Å². The Morgan fingerprint density at radius 3 is 2.50 bits per heavy atom. The Labute approximate surface area is 102 Å². The Balaban J connectivity index is 1.71. The second-order valence-corrected chi connectivity index (χ2v) is 7.00. The molecule has 0 heterocycles. The van der Waals surface area contributed by atoms with E-state index in [2.05, 4.69) is 12.2 Å². The molecule has 0 aromatic carbocycles. The first kappa shape index (κ1) is 12.3. The van der Waals surface area contributed by atoms with Gasteiger partial charge in [-0.15, -0.1) is 0 Å². The van der Waals surface area contributed by atoms with Crippen LogP contribution in [-0.4, -0.2) is 29.9 Å². The zero-order valence-electron chi connectivity index (χ0n) is 10.7. The number of hydrogen-bond acceptors (Lipinski definition) is 2. The predicted molar refractivity (Wildman–Crippen MR) is 69.4 cm³/mol. The average Bonchev–Trinajstić information content (AvgIpc) is 2.91. The van der Waals surface area contributed by atoms with Crippen LogP contribution in [0, 0.1) is 17.8 Å². The summed E-state index contributed by atoms with van der Waals surface area (Å²) >= 11 is 0. The van der Waals surface area contributed by atoms with Crippen molar-refractivity contribution in [3.05, 3.63) is 12.2 Å². The van der Waals surface area contributed by atoms with E-state index in [4.69, 9.17) is 9.47 Å². The molecular weight excluding hydrogens is 216 g/mol. The molecule has 3 atom stereocenters. The number of ether oxygens (including phenoxy) is 2. The third kappa shape index (κ3) is 2.58. The van der Waals surface area contributed by atoms with Crippen LogP contribution in [-0.2, 0) is 9.47 Å². The first-order valence-corrected chi connectivity index (χ1v) is 7.45. The molecule has 0 saturated heterocycles. The van der Waals surface area contributed by atoms with Crippen LogP contribution in [0.4, 0.5) is 0 Å². The number of rotatable bonds is 6. The van der Waals surface area contributed by atoms with E-state index < -0.39 is 0 Å². The maximum absolute atomic E-state index is 5.44. The van der Waals surface area contributed by atoms with Crippen LogP contribution in [0.15, 0.2) is 12.2 Å². The highest BCUT2D eigenvalue weighted by atomic mass is 28.1. The lowest BCUT2D eigenvalue weighted by atomic mass is 9.89. The molecule has 0 radical (unpaired) electrons. The molecule has 0 aliphatic heterocycles. The van der Waals surface area contributed by atoms with Crippen molar-refractivity contribution >= 4 is 10.2 Å². The van der Waals surface area contributed by atoms with Gasteiger partial charge in [0.05, 0.1) is 10.2 Å². The molecule has 0 N–H and O–H groups in total. The van der Waals surface area contributed by atoms with Crippen LogP contribution in [0.5, 0.6) is 0 Å². The molecule has 2 nitrogen and oxygen atoms in total. The minimum atomic E-state index is -0.243. The molecule has 2 bridgehead atoms. The van der Waals surface area contributed by atoms with E-state index >= 15 is 0 Å². The molecule has 0 aromatic rings. The lowest BCUT2D eigenvalue weighted by Gasteiger charge is -2.27. The van der Waals surface area contributed by atoms with Gasteiger partial charge in [0.2, 0.25) is 0 Å². The minimum Gasteiger partial charge on any atom is -0.358 e. The van der Waals surface area contributed by atoms with Crippen LogP contribution >= 0.6 is 0 Å². The summed E-state index contributed by atoms with van der Waals surface area (Å²) in [6.45, 7) is 0. The van der Waals surface area contributed by atoms with E-state index in [9.17, 15) is 0 Å². The van der Waals surface area contributed by atoms with Crippen molar-refractivity contribution in [2.24, 2.45) is 17.8 Å². The quantitative estimate of drug-likeness (QED) is 0.399.